The van der Waals surface area contributed by atoms with Crippen molar-refractivity contribution in [2.75, 3.05) is 6.54 Å². The fourth-order valence-electron chi connectivity index (χ4n) is 2.68. The number of amides is 1. The van der Waals surface area contributed by atoms with Gasteiger partial charge in [-0.05, 0) is 50.5 Å². The Hall–Kier alpha value is -2.04. The summed E-state index contributed by atoms with van der Waals surface area (Å²) < 4.78 is 5.80. The second-order valence-corrected chi connectivity index (χ2v) is 6.12. The van der Waals surface area contributed by atoms with Gasteiger partial charge in [-0.3, -0.25) is 9.59 Å². The molecule has 0 saturated carbocycles. The standard InChI is InChI=1S/C17H23NO4/c1-10(2)18(6-5-16(19)20)17(21)15-9-13-7-11(3)12(4)8-14(13)22-15/h7-8,10,15H,5-6,9H2,1-4H3,(H,19,20). The lowest BCUT2D eigenvalue weighted by atomic mass is 10.0. The van der Waals surface area contributed by atoms with Gasteiger partial charge in [0.1, 0.15) is 5.75 Å². The number of rotatable bonds is 5. The predicted octanol–water partition coefficient (Wildman–Crippen LogP) is 2.32. The number of aryl methyl sites for hydroxylation is 2. The molecule has 0 aromatic heterocycles. The van der Waals surface area contributed by atoms with Gasteiger partial charge < -0.3 is 14.7 Å². The maximum Gasteiger partial charge on any atom is 0.305 e. The van der Waals surface area contributed by atoms with Crippen LogP contribution < -0.4 is 4.74 Å². The summed E-state index contributed by atoms with van der Waals surface area (Å²) in [6.45, 7) is 8.03. The number of aliphatic carboxylic acids is 1. The van der Waals surface area contributed by atoms with E-state index in [1.807, 2.05) is 33.8 Å². The van der Waals surface area contributed by atoms with E-state index in [2.05, 4.69) is 6.07 Å². The van der Waals surface area contributed by atoms with Crippen LogP contribution in [0.5, 0.6) is 5.75 Å². The van der Waals surface area contributed by atoms with Gasteiger partial charge in [-0.15, -0.1) is 0 Å². The summed E-state index contributed by atoms with van der Waals surface area (Å²) >= 11 is 0. The smallest absolute Gasteiger partial charge is 0.305 e. The van der Waals surface area contributed by atoms with Gasteiger partial charge in [-0.25, -0.2) is 0 Å². The third kappa shape index (κ3) is 3.40. The minimum absolute atomic E-state index is 0.0531. The molecule has 2 rings (SSSR count). The van der Waals surface area contributed by atoms with Gasteiger partial charge in [-0.2, -0.15) is 0 Å². The Morgan fingerprint density at radius 3 is 2.55 bits per heavy atom. The van der Waals surface area contributed by atoms with Crippen LogP contribution in [-0.4, -0.2) is 40.6 Å². The molecule has 1 heterocycles. The first-order valence-corrected chi connectivity index (χ1v) is 7.58. The second kappa shape index (κ2) is 6.38. The number of carboxylic acid groups (broad SMARTS) is 1. The number of fused-ring (bicyclic) bond motifs is 1. The van der Waals surface area contributed by atoms with Crippen LogP contribution >= 0.6 is 0 Å². The lowest BCUT2D eigenvalue weighted by Gasteiger charge is -2.28. The van der Waals surface area contributed by atoms with Crippen molar-refractivity contribution in [3.05, 3.63) is 28.8 Å². The van der Waals surface area contributed by atoms with Crippen LogP contribution in [0.2, 0.25) is 0 Å². The normalized spacial score (nSPS) is 16.3. The zero-order valence-electron chi connectivity index (χ0n) is 13.5. The Balaban J connectivity index is 2.11. The van der Waals surface area contributed by atoms with Crippen molar-refractivity contribution >= 4 is 11.9 Å². The van der Waals surface area contributed by atoms with E-state index in [-0.39, 0.29) is 24.9 Å². The van der Waals surface area contributed by atoms with E-state index < -0.39 is 12.1 Å². The molecule has 1 aliphatic rings. The maximum absolute atomic E-state index is 12.6. The van der Waals surface area contributed by atoms with Crippen LogP contribution in [0.15, 0.2) is 12.1 Å². The fraction of sp³-hybridized carbons (Fsp3) is 0.529. The molecule has 1 atom stereocenters. The maximum atomic E-state index is 12.6. The summed E-state index contributed by atoms with van der Waals surface area (Å²) in [6, 6.07) is 3.98. The number of ether oxygens (including phenoxy) is 1. The van der Waals surface area contributed by atoms with Crippen LogP contribution in [0.3, 0.4) is 0 Å². The molecular weight excluding hydrogens is 282 g/mol. The third-order valence-corrected chi connectivity index (χ3v) is 4.10. The van der Waals surface area contributed by atoms with Gasteiger partial charge in [-0.1, -0.05) is 6.07 Å². The third-order valence-electron chi connectivity index (χ3n) is 4.10. The van der Waals surface area contributed by atoms with Crippen molar-refractivity contribution in [2.45, 2.75) is 52.7 Å². The molecule has 1 aromatic carbocycles. The molecule has 0 aliphatic carbocycles. The van der Waals surface area contributed by atoms with Crippen molar-refractivity contribution in [1.82, 2.24) is 4.90 Å². The molecule has 1 aromatic rings. The summed E-state index contributed by atoms with van der Waals surface area (Å²) in [5.74, 6) is -0.272. The monoisotopic (exact) mass is 305 g/mol. The highest BCUT2D eigenvalue weighted by Crippen LogP contribution is 2.32. The highest BCUT2D eigenvalue weighted by atomic mass is 16.5. The van der Waals surface area contributed by atoms with Crippen LogP contribution in [0, 0.1) is 13.8 Å². The molecule has 1 aliphatic heterocycles. The molecule has 0 spiro atoms. The topological polar surface area (TPSA) is 66.8 Å². The summed E-state index contributed by atoms with van der Waals surface area (Å²) in [6.07, 6.45) is -0.0553. The molecule has 120 valence electrons. The second-order valence-electron chi connectivity index (χ2n) is 6.12. The van der Waals surface area contributed by atoms with Gasteiger partial charge in [0.05, 0.1) is 6.42 Å². The molecule has 0 bridgehead atoms. The minimum Gasteiger partial charge on any atom is -0.481 e. The number of carboxylic acids is 1. The zero-order chi connectivity index (χ0) is 16.4. The van der Waals surface area contributed by atoms with E-state index in [4.69, 9.17) is 9.84 Å². The predicted molar refractivity (Wildman–Crippen MR) is 83.1 cm³/mol. The molecular formula is C17H23NO4. The average Bonchev–Trinajstić information content (AvgIpc) is 2.81. The van der Waals surface area contributed by atoms with Gasteiger partial charge >= 0.3 is 5.97 Å². The Labute approximate surface area is 130 Å². The molecule has 5 heteroatoms. The van der Waals surface area contributed by atoms with E-state index in [1.165, 1.54) is 5.56 Å². The lowest BCUT2D eigenvalue weighted by molar-refractivity contribution is -0.142. The zero-order valence-corrected chi connectivity index (χ0v) is 13.5. The van der Waals surface area contributed by atoms with Crippen molar-refractivity contribution in [3.63, 3.8) is 0 Å². The number of nitrogens with zero attached hydrogens (tertiary/aromatic N) is 1. The Morgan fingerprint density at radius 1 is 1.32 bits per heavy atom. The number of hydrogen-bond acceptors (Lipinski definition) is 3. The molecule has 1 N–H and O–H groups in total. The first-order valence-electron chi connectivity index (χ1n) is 7.58. The highest BCUT2D eigenvalue weighted by molar-refractivity contribution is 5.83. The van der Waals surface area contributed by atoms with Gasteiger partial charge in [0.2, 0.25) is 0 Å². The number of carbonyl (C=O) groups is 2. The summed E-state index contributed by atoms with van der Waals surface area (Å²) in [5.41, 5.74) is 3.36. The van der Waals surface area contributed by atoms with E-state index in [0.29, 0.717) is 6.42 Å². The van der Waals surface area contributed by atoms with Gasteiger partial charge in [0.15, 0.2) is 6.10 Å². The van der Waals surface area contributed by atoms with Crippen molar-refractivity contribution in [3.8, 4) is 5.75 Å². The molecule has 0 radical (unpaired) electrons. The quantitative estimate of drug-likeness (QED) is 0.906. The fourth-order valence-corrected chi connectivity index (χ4v) is 2.68. The number of benzene rings is 1. The minimum atomic E-state index is -0.902. The first-order chi connectivity index (χ1) is 10.3. The Bertz CT molecular complexity index is 564. The van der Waals surface area contributed by atoms with Crippen LogP contribution in [-0.2, 0) is 16.0 Å². The lowest BCUT2D eigenvalue weighted by Crippen LogP contribution is -2.45. The molecule has 1 amide bonds. The molecule has 0 saturated heterocycles. The van der Waals surface area contributed by atoms with Crippen LogP contribution in [0.25, 0.3) is 0 Å². The number of hydrogen-bond donors (Lipinski definition) is 1. The van der Waals surface area contributed by atoms with E-state index in [9.17, 15) is 9.59 Å². The van der Waals surface area contributed by atoms with Crippen molar-refractivity contribution in [2.24, 2.45) is 0 Å². The van der Waals surface area contributed by atoms with Crippen LogP contribution in [0.4, 0.5) is 0 Å². The van der Waals surface area contributed by atoms with Crippen molar-refractivity contribution in [1.29, 1.82) is 0 Å². The Morgan fingerprint density at radius 2 is 1.95 bits per heavy atom. The summed E-state index contributed by atoms with van der Waals surface area (Å²) in [5, 5.41) is 8.83. The summed E-state index contributed by atoms with van der Waals surface area (Å²) in [4.78, 5) is 25.0. The molecule has 22 heavy (non-hydrogen) atoms. The van der Waals surface area contributed by atoms with Crippen molar-refractivity contribution < 1.29 is 19.4 Å². The van der Waals surface area contributed by atoms with Gasteiger partial charge in [0.25, 0.3) is 5.91 Å². The van der Waals surface area contributed by atoms with Crippen LogP contribution in [0.1, 0.15) is 37.0 Å². The van der Waals surface area contributed by atoms with E-state index in [1.54, 1.807) is 4.90 Å². The summed E-state index contributed by atoms with van der Waals surface area (Å²) in [7, 11) is 0. The molecule has 1 unspecified atom stereocenters. The SMILES string of the molecule is Cc1cc2c(cc1C)OC(C(=O)N(CCC(=O)O)C(C)C)C2. The first kappa shape index (κ1) is 16.3. The number of carbonyl (C=O) groups excluding carboxylic acids is 1. The van der Waals surface area contributed by atoms with E-state index in [0.717, 1.165) is 16.9 Å². The van der Waals surface area contributed by atoms with Gasteiger partial charge in [0, 0.05) is 19.0 Å². The Kier molecular flexibility index (Phi) is 4.74. The molecule has 5 nitrogen and oxygen atoms in total. The average molecular weight is 305 g/mol. The highest BCUT2D eigenvalue weighted by Gasteiger charge is 2.33. The largest absolute Gasteiger partial charge is 0.481 e. The molecule has 0 fully saturated rings. The van der Waals surface area contributed by atoms with E-state index >= 15 is 0 Å².